The van der Waals surface area contributed by atoms with Gasteiger partial charge in [0.05, 0.1) is 0 Å². The van der Waals surface area contributed by atoms with Crippen LogP contribution in [-0.4, -0.2) is 13.3 Å². The zero-order valence-corrected chi connectivity index (χ0v) is 5.72. The summed E-state index contributed by atoms with van der Waals surface area (Å²) in [5.41, 5.74) is 0. The summed E-state index contributed by atoms with van der Waals surface area (Å²) in [6, 6.07) is 0. The molecular weight excluding hydrogens is 215 g/mol. The minimum atomic E-state index is -3.83. The number of hydrogen-bond acceptors (Lipinski definition) is 2. The monoisotopic (exact) mass is 217 g/mol. The second kappa shape index (κ2) is 2.99. The minimum Gasteiger partial charge on any atom is -0.285 e. The van der Waals surface area contributed by atoms with Crippen LogP contribution in [0.5, 0.6) is 0 Å². The first-order valence-corrected chi connectivity index (χ1v) is 3.10. The Labute approximate surface area is 53.2 Å². The first kappa shape index (κ1) is 10.0. The molecule has 0 fully saturated rings. The number of rotatable bonds is 0. The summed E-state index contributed by atoms with van der Waals surface area (Å²) in [4.78, 5) is 0. The second-order valence-corrected chi connectivity index (χ2v) is 2.65. The molecule has 0 heterocycles. The first-order chi connectivity index (χ1) is 2.00. The molecule has 0 saturated heterocycles. The summed E-state index contributed by atoms with van der Waals surface area (Å²) in [7, 11) is -3.83. The van der Waals surface area contributed by atoms with Crippen molar-refractivity contribution in [2.75, 3.05) is 0 Å². The van der Waals surface area contributed by atoms with E-state index in [9.17, 15) is 0 Å². The summed E-state index contributed by atoms with van der Waals surface area (Å²) in [6.07, 6.45) is 0. The topological polar surface area (TPSA) is 57.5 Å². The maximum atomic E-state index is 9.11. The van der Waals surface area contributed by atoms with Gasteiger partial charge in [0.1, 0.15) is 0 Å². The van der Waals surface area contributed by atoms with Gasteiger partial charge in [-0.3, -0.25) is 9.11 Å². The Morgan fingerprint density at radius 2 is 1.50 bits per heavy atom. The Kier molecular flexibility index (Phi) is 4.98. The summed E-state index contributed by atoms with van der Waals surface area (Å²) < 4.78 is 24.0. The molecule has 0 saturated carbocycles. The molecule has 0 aliphatic heterocycles. The fraction of sp³-hybridized carbons (Fsp3) is 0. The van der Waals surface area contributed by atoms with Gasteiger partial charge in [0, 0.05) is 30.7 Å². The van der Waals surface area contributed by atoms with Crippen LogP contribution in [0.3, 0.4) is 0 Å². The van der Waals surface area contributed by atoms with Gasteiger partial charge < -0.3 is 0 Å². The molecule has 1 radical (unpaired) electrons. The van der Waals surface area contributed by atoms with Gasteiger partial charge in [-0.2, -0.15) is 4.21 Å². The molecule has 0 atom stereocenters. The molecule has 6 heavy (non-hydrogen) atoms. The SMILES string of the molecule is O=S(O)(O)=S.[Rh]. The third-order valence-electron chi connectivity index (χ3n) is 0. The van der Waals surface area contributed by atoms with E-state index < -0.39 is 9.05 Å². The predicted molar refractivity (Wildman–Crippen MR) is 20.8 cm³/mol. The van der Waals surface area contributed by atoms with Gasteiger partial charge >= 0.3 is 0 Å². The van der Waals surface area contributed by atoms with Crippen LogP contribution in [-0.2, 0) is 39.7 Å². The van der Waals surface area contributed by atoms with Crippen molar-refractivity contribution >= 4 is 20.2 Å². The van der Waals surface area contributed by atoms with Crippen molar-refractivity contribution in [3.05, 3.63) is 0 Å². The van der Waals surface area contributed by atoms with E-state index in [2.05, 4.69) is 11.2 Å². The smallest absolute Gasteiger partial charge is 0.263 e. The van der Waals surface area contributed by atoms with Gasteiger partial charge in [0.2, 0.25) is 0 Å². The Bertz CT molecular complexity index is 92.0. The quantitative estimate of drug-likeness (QED) is 0.546. The van der Waals surface area contributed by atoms with Crippen molar-refractivity contribution in [2.45, 2.75) is 0 Å². The third kappa shape index (κ3) is 90.2. The molecule has 0 aliphatic carbocycles. The van der Waals surface area contributed by atoms with Crippen molar-refractivity contribution in [3.8, 4) is 0 Å². The maximum Gasteiger partial charge on any atom is 0.263 e. The van der Waals surface area contributed by atoms with Crippen LogP contribution in [0.15, 0.2) is 0 Å². The second-order valence-electron chi connectivity index (χ2n) is 0.448. The fourth-order valence-corrected chi connectivity index (χ4v) is 0. The average Bonchev–Trinajstić information content (AvgIpc) is 0.722. The van der Waals surface area contributed by atoms with Crippen molar-refractivity contribution in [2.24, 2.45) is 0 Å². The summed E-state index contributed by atoms with van der Waals surface area (Å²) in [5, 5.41) is 0. The van der Waals surface area contributed by atoms with E-state index in [0.717, 1.165) is 0 Å². The van der Waals surface area contributed by atoms with Crippen molar-refractivity contribution in [1.29, 1.82) is 0 Å². The average molecular weight is 217 g/mol. The van der Waals surface area contributed by atoms with Gasteiger partial charge in [-0.15, -0.1) is 0 Å². The van der Waals surface area contributed by atoms with Gasteiger partial charge in [0.15, 0.2) is 0 Å². The summed E-state index contributed by atoms with van der Waals surface area (Å²) in [6.45, 7) is 0. The van der Waals surface area contributed by atoms with E-state index in [1.165, 1.54) is 0 Å². The fourth-order valence-electron chi connectivity index (χ4n) is 0. The Morgan fingerprint density at radius 3 is 1.50 bits per heavy atom. The van der Waals surface area contributed by atoms with Crippen LogP contribution in [0.25, 0.3) is 0 Å². The molecule has 0 aliphatic rings. The van der Waals surface area contributed by atoms with Crippen molar-refractivity contribution < 1.29 is 32.8 Å². The van der Waals surface area contributed by atoms with Gasteiger partial charge in [-0.1, -0.05) is 0 Å². The van der Waals surface area contributed by atoms with Crippen LogP contribution in [0.1, 0.15) is 0 Å². The van der Waals surface area contributed by atoms with E-state index >= 15 is 0 Å². The first-order valence-electron chi connectivity index (χ1n) is 0.698. The summed E-state index contributed by atoms with van der Waals surface area (Å²) in [5.74, 6) is 0. The Balaban J connectivity index is 0. The molecule has 6 heteroatoms. The van der Waals surface area contributed by atoms with Gasteiger partial charge in [-0.05, 0) is 0 Å². The standard InChI is InChI=1S/H2O3S2.Rh/c1-5(2,3)4;/h(H2,1,2,3,4);. The summed E-state index contributed by atoms with van der Waals surface area (Å²) >= 11 is 3.47. The molecule has 2 N–H and O–H groups in total. The molecule has 0 unspecified atom stereocenters. The van der Waals surface area contributed by atoms with Gasteiger partial charge in [-0.25, -0.2) is 0 Å². The molecule has 0 spiro atoms. The van der Waals surface area contributed by atoms with Crippen LogP contribution < -0.4 is 0 Å². The maximum absolute atomic E-state index is 9.11. The molecule has 0 aromatic rings. The molecular formula is H2O3RhS2. The molecule has 3 nitrogen and oxygen atoms in total. The van der Waals surface area contributed by atoms with E-state index in [0.29, 0.717) is 0 Å². The van der Waals surface area contributed by atoms with Gasteiger partial charge in [0.25, 0.3) is 9.05 Å². The van der Waals surface area contributed by atoms with Crippen LogP contribution in [0.4, 0.5) is 0 Å². The van der Waals surface area contributed by atoms with E-state index in [1.807, 2.05) is 0 Å². The van der Waals surface area contributed by atoms with Crippen LogP contribution in [0, 0.1) is 0 Å². The zero-order chi connectivity index (χ0) is 4.50. The van der Waals surface area contributed by atoms with Crippen LogP contribution >= 0.6 is 0 Å². The van der Waals surface area contributed by atoms with E-state index in [-0.39, 0.29) is 19.5 Å². The molecule has 0 aromatic carbocycles. The normalized spacial score (nSPS) is 9.67. The molecule has 0 amide bonds. The molecule has 0 aromatic heterocycles. The molecule has 0 rings (SSSR count). The minimum absolute atomic E-state index is 0. The van der Waals surface area contributed by atoms with Crippen LogP contribution in [0.2, 0.25) is 0 Å². The zero-order valence-electron chi connectivity index (χ0n) is 2.45. The van der Waals surface area contributed by atoms with E-state index in [4.69, 9.17) is 13.3 Å². The number of hydrogen-bond donors (Lipinski definition) is 2. The molecule has 41 valence electrons. The van der Waals surface area contributed by atoms with E-state index in [1.54, 1.807) is 0 Å². The largest absolute Gasteiger partial charge is 0.285 e. The van der Waals surface area contributed by atoms with Crippen molar-refractivity contribution in [1.82, 2.24) is 0 Å². The third-order valence-corrected chi connectivity index (χ3v) is 0. The predicted octanol–water partition coefficient (Wildman–Crippen LogP) is -0.324. The Morgan fingerprint density at radius 1 is 1.50 bits per heavy atom. The Hall–Kier alpha value is 0.913. The van der Waals surface area contributed by atoms with Crippen molar-refractivity contribution in [3.63, 3.8) is 0 Å². The molecule has 0 bridgehead atoms.